The van der Waals surface area contributed by atoms with Gasteiger partial charge in [0.05, 0.1) is 25.2 Å². The molecule has 0 spiro atoms. The summed E-state index contributed by atoms with van der Waals surface area (Å²) in [6.45, 7) is 1.16. The molecule has 1 aliphatic heterocycles. The summed E-state index contributed by atoms with van der Waals surface area (Å²) in [6, 6.07) is 3.67. The topological polar surface area (TPSA) is 68.2 Å². The van der Waals surface area contributed by atoms with E-state index in [0.29, 0.717) is 24.7 Å². The van der Waals surface area contributed by atoms with Gasteiger partial charge < -0.3 is 9.64 Å². The monoisotopic (exact) mass is 348 g/mol. The fraction of sp³-hybridized carbons (Fsp3) is 0.286. The lowest BCUT2D eigenvalue weighted by Gasteiger charge is -2.38. The summed E-state index contributed by atoms with van der Waals surface area (Å²) in [5.74, 6) is 0.614. The van der Waals surface area contributed by atoms with Gasteiger partial charge in [0.2, 0.25) is 11.8 Å². The van der Waals surface area contributed by atoms with Gasteiger partial charge in [-0.2, -0.15) is 0 Å². The molecule has 7 heteroatoms. The van der Waals surface area contributed by atoms with Crippen molar-refractivity contribution in [1.82, 2.24) is 19.9 Å². The second-order valence-electron chi connectivity index (χ2n) is 4.73. The molecule has 1 amide bonds. The Morgan fingerprint density at radius 2 is 2.14 bits per heavy atom. The summed E-state index contributed by atoms with van der Waals surface area (Å²) < 4.78 is 6.59. The Kier molecular flexibility index (Phi) is 4.10. The number of hydrogen-bond acceptors (Lipinski definition) is 5. The first kappa shape index (κ1) is 13.9. The lowest BCUT2D eigenvalue weighted by molar-refractivity contribution is -0.139. The van der Waals surface area contributed by atoms with Crippen LogP contribution in [0.2, 0.25) is 0 Å². The number of hydrogen-bond donors (Lipinski definition) is 0. The minimum absolute atomic E-state index is 0.00415. The molecule has 1 aliphatic rings. The molecule has 0 N–H and O–H groups in total. The Morgan fingerprint density at radius 3 is 2.81 bits per heavy atom. The highest BCUT2D eigenvalue weighted by Gasteiger charge is 2.32. The van der Waals surface area contributed by atoms with Crippen LogP contribution < -0.4 is 4.74 Å². The minimum Gasteiger partial charge on any atom is -0.471 e. The molecule has 1 saturated heterocycles. The third kappa shape index (κ3) is 3.55. The van der Waals surface area contributed by atoms with Crippen LogP contribution in [0.1, 0.15) is 5.69 Å². The van der Waals surface area contributed by atoms with Crippen molar-refractivity contribution >= 4 is 21.8 Å². The summed E-state index contributed by atoms with van der Waals surface area (Å²) in [5, 5.41) is 0. The van der Waals surface area contributed by atoms with Gasteiger partial charge in [-0.25, -0.2) is 4.98 Å². The summed E-state index contributed by atoms with van der Waals surface area (Å²) in [7, 11) is 0. The van der Waals surface area contributed by atoms with E-state index in [4.69, 9.17) is 4.74 Å². The van der Waals surface area contributed by atoms with E-state index in [1.807, 2.05) is 6.07 Å². The average Bonchev–Trinajstić information content (AvgIpc) is 2.45. The van der Waals surface area contributed by atoms with Crippen molar-refractivity contribution in [2.24, 2.45) is 0 Å². The maximum atomic E-state index is 12.0. The van der Waals surface area contributed by atoms with E-state index < -0.39 is 0 Å². The van der Waals surface area contributed by atoms with Crippen LogP contribution in [0, 0.1) is 0 Å². The Morgan fingerprint density at radius 1 is 1.29 bits per heavy atom. The van der Waals surface area contributed by atoms with E-state index >= 15 is 0 Å². The fourth-order valence-corrected chi connectivity index (χ4v) is 2.24. The first-order chi connectivity index (χ1) is 10.2. The van der Waals surface area contributed by atoms with E-state index in [9.17, 15) is 4.79 Å². The maximum Gasteiger partial charge on any atom is 0.228 e. The molecule has 21 heavy (non-hydrogen) atoms. The van der Waals surface area contributed by atoms with Crippen molar-refractivity contribution in [2.45, 2.75) is 12.5 Å². The quantitative estimate of drug-likeness (QED) is 0.836. The molecule has 1 fully saturated rings. The van der Waals surface area contributed by atoms with E-state index in [0.717, 1.165) is 4.47 Å². The highest BCUT2D eigenvalue weighted by Crippen LogP contribution is 2.18. The third-order valence-electron chi connectivity index (χ3n) is 3.14. The molecule has 3 heterocycles. The number of amides is 1. The number of carbonyl (C=O) groups is 1. The molecule has 0 atom stereocenters. The van der Waals surface area contributed by atoms with Gasteiger partial charge in [0.1, 0.15) is 6.10 Å². The van der Waals surface area contributed by atoms with Gasteiger partial charge in [0.25, 0.3) is 0 Å². The highest BCUT2D eigenvalue weighted by molar-refractivity contribution is 9.10. The SMILES string of the molecule is O=C(Cc1cnccn1)N1CC(Oc2ccc(Br)cn2)C1. The average molecular weight is 349 g/mol. The first-order valence-electron chi connectivity index (χ1n) is 6.51. The number of carbonyl (C=O) groups excluding carboxylic acids is 1. The van der Waals surface area contributed by atoms with Crippen molar-refractivity contribution in [3.05, 3.63) is 47.1 Å². The van der Waals surface area contributed by atoms with Crippen molar-refractivity contribution in [2.75, 3.05) is 13.1 Å². The molecular weight excluding hydrogens is 336 g/mol. The van der Waals surface area contributed by atoms with Gasteiger partial charge in [0, 0.05) is 35.3 Å². The van der Waals surface area contributed by atoms with Crippen LogP contribution in [0.5, 0.6) is 5.88 Å². The van der Waals surface area contributed by atoms with Crippen LogP contribution in [-0.2, 0) is 11.2 Å². The van der Waals surface area contributed by atoms with Crippen LogP contribution in [-0.4, -0.2) is 45.0 Å². The largest absolute Gasteiger partial charge is 0.471 e. The number of nitrogens with zero attached hydrogens (tertiary/aromatic N) is 4. The number of aromatic nitrogens is 3. The van der Waals surface area contributed by atoms with Gasteiger partial charge >= 0.3 is 0 Å². The smallest absolute Gasteiger partial charge is 0.228 e. The van der Waals surface area contributed by atoms with Gasteiger partial charge in [-0.3, -0.25) is 14.8 Å². The summed E-state index contributed by atoms with van der Waals surface area (Å²) in [5.41, 5.74) is 0.682. The summed E-state index contributed by atoms with van der Waals surface area (Å²) in [4.78, 5) is 26.0. The maximum absolute atomic E-state index is 12.0. The zero-order chi connectivity index (χ0) is 14.7. The van der Waals surface area contributed by atoms with E-state index in [1.54, 1.807) is 35.8 Å². The number of rotatable bonds is 4. The minimum atomic E-state index is 0.00415. The second-order valence-corrected chi connectivity index (χ2v) is 5.64. The van der Waals surface area contributed by atoms with Gasteiger partial charge in [0.15, 0.2) is 0 Å². The Labute approximate surface area is 130 Å². The lowest BCUT2D eigenvalue weighted by atomic mass is 10.1. The molecule has 0 aliphatic carbocycles. The number of ether oxygens (including phenoxy) is 1. The number of likely N-dealkylation sites (tertiary alicyclic amines) is 1. The second kappa shape index (κ2) is 6.17. The zero-order valence-corrected chi connectivity index (χ0v) is 12.7. The van der Waals surface area contributed by atoms with Crippen molar-refractivity contribution < 1.29 is 9.53 Å². The molecule has 0 bridgehead atoms. The van der Waals surface area contributed by atoms with Crippen molar-refractivity contribution in [3.63, 3.8) is 0 Å². The summed E-state index contributed by atoms with van der Waals surface area (Å²) >= 11 is 3.32. The Hall–Kier alpha value is -2.02. The number of halogens is 1. The van der Waals surface area contributed by atoms with Crippen LogP contribution in [0.25, 0.3) is 0 Å². The van der Waals surface area contributed by atoms with Crippen LogP contribution in [0.15, 0.2) is 41.4 Å². The summed E-state index contributed by atoms with van der Waals surface area (Å²) in [6.07, 6.45) is 6.75. The van der Waals surface area contributed by atoms with E-state index in [-0.39, 0.29) is 18.4 Å². The molecule has 2 aromatic heterocycles. The third-order valence-corrected chi connectivity index (χ3v) is 3.61. The molecule has 3 rings (SSSR count). The molecule has 0 aromatic carbocycles. The molecule has 0 unspecified atom stereocenters. The highest BCUT2D eigenvalue weighted by atomic mass is 79.9. The molecular formula is C14H13BrN4O2. The predicted molar refractivity (Wildman–Crippen MR) is 78.7 cm³/mol. The van der Waals surface area contributed by atoms with Crippen molar-refractivity contribution in [1.29, 1.82) is 0 Å². The Bertz CT molecular complexity index is 615. The van der Waals surface area contributed by atoms with E-state index in [2.05, 4.69) is 30.9 Å². The van der Waals surface area contributed by atoms with Crippen LogP contribution >= 0.6 is 15.9 Å². The van der Waals surface area contributed by atoms with Gasteiger partial charge in [-0.15, -0.1) is 0 Å². The molecule has 2 aromatic rings. The normalized spacial score (nSPS) is 14.6. The van der Waals surface area contributed by atoms with E-state index in [1.165, 1.54) is 0 Å². The van der Waals surface area contributed by atoms with Crippen molar-refractivity contribution in [3.8, 4) is 5.88 Å². The Balaban J connectivity index is 1.47. The van der Waals surface area contributed by atoms with Crippen LogP contribution in [0.3, 0.4) is 0 Å². The van der Waals surface area contributed by atoms with Gasteiger partial charge in [-0.1, -0.05) is 0 Å². The van der Waals surface area contributed by atoms with Gasteiger partial charge in [-0.05, 0) is 22.0 Å². The lowest BCUT2D eigenvalue weighted by Crippen LogP contribution is -2.56. The zero-order valence-electron chi connectivity index (χ0n) is 11.1. The number of pyridine rings is 1. The fourth-order valence-electron chi connectivity index (χ4n) is 2.01. The molecule has 0 radical (unpaired) electrons. The molecule has 108 valence electrons. The standard InChI is InChI=1S/C14H13BrN4O2/c15-10-1-2-13(18-6-10)21-12-8-19(9-12)14(20)5-11-7-16-3-4-17-11/h1-4,6-7,12H,5,8-9H2. The van der Waals surface area contributed by atoms with Crippen LogP contribution in [0.4, 0.5) is 0 Å². The predicted octanol–water partition coefficient (Wildman–Crippen LogP) is 1.47. The first-order valence-corrected chi connectivity index (χ1v) is 7.31. The molecule has 0 saturated carbocycles. The molecule has 6 nitrogen and oxygen atoms in total.